The highest BCUT2D eigenvalue weighted by molar-refractivity contribution is 5.94. The van der Waals surface area contributed by atoms with Gasteiger partial charge in [0.25, 0.3) is 0 Å². The molecule has 0 spiro atoms. The Morgan fingerprint density at radius 3 is 2.61 bits per heavy atom. The largest absolute Gasteiger partial charge is 0.332 e. The third kappa shape index (κ3) is 2.45. The molecule has 1 fully saturated rings. The first kappa shape index (κ1) is 12.8. The summed E-state index contributed by atoms with van der Waals surface area (Å²) in [5.74, 6) is -0.134. The van der Waals surface area contributed by atoms with E-state index in [0.29, 0.717) is 0 Å². The number of likely N-dealkylation sites (tertiary alicyclic amines) is 1. The average molecular weight is 247 g/mol. The van der Waals surface area contributed by atoms with Gasteiger partial charge >= 0.3 is 0 Å². The number of piperidine rings is 1. The summed E-state index contributed by atoms with van der Waals surface area (Å²) in [5.41, 5.74) is 1.86. The van der Waals surface area contributed by atoms with Gasteiger partial charge < -0.3 is 4.90 Å². The molecule has 0 aromatic heterocycles. The van der Waals surface area contributed by atoms with Crippen molar-refractivity contribution in [2.75, 3.05) is 6.54 Å². The molecule has 1 aromatic carbocycles. The van der Waals surface area contributed by atoms with Gasteiger partial charge in [-0.05, 0) is 44.4 Å². The summed E-state index contributed by atoms with van der Waals surface area (Å²) in [4.78, 5) is 14.1. The molecule has 0 bridgehead atoms. The van der Waals surface area contributed by atoms with Crippen LogP contribution in [-0.4, -0.2) is 17.4 Å². The average Bonchev–Trinajstić information content (AvgIpc) is 2.39. The zero-order valence-corrected chi connectivity index (χ0v) is 10.8. The summed E-state index contributed by atoms with van der Waals surface area (Å²) >= 11 is 0. The number of rotatable bonds is 2. The van der Waals surface area contributed by atoms with E-state index in [-0.39, 0.29) is 17.8 Å². The summed E-state index contributed by atoms with van der Waals surface area (Å²) in [6.07, 6.45) is 3.75. The van der Waals surface area contributed by atoms with Gasteiger partial charge in [0, 0.05) is 12.1 Å². The fraction of sp³-hybridized carbons (Fsp3) is 0.400. The van der Waals surface area contributed by atoms with Gasteiger partial charge in [0.05, 0.1) is 6.04 Å². The van der Waals surface area contributed by atoms with E-state index in [9.17, 15) is 9.18 Å². The van der Waals surface area contributed by atoms with Crippen LogP contribution in [-0.2, 0) is 4.79 Å². The number of benzene rings is 1. The van der Waals surface area contributed by atoms with E-state index < -0.39 is 0 Å². The number of carbonyl (C=O) groups is 1. The summed E-state index contributed by atoms with van der Waals surface area (Å²) in [5, 5.41) is 0. The van der Waals surface area contributed by atoms with Crippen LogP contribution in [0.3, 0.4) is 0 Å². The minimum Gasteiger partial charge on any atom is -0.332 e. The lowest BCUT2D eigenvalue weighted by Crippen LogP contribution is -2.38. The van der Waals surface area contributed by atoms with Crippen LogP contribution in [0.25, 0.3) is 0 Å². The molecular formula is C15H18FNO. The van der Waals surface area contributed by atoms with Crippen LogP contribution in [0.15, 0.2) is 35.9 Å². The molecule has 0 saturated carbocycles. The van der Waals surface area contributed by atoms with Crippen molar-refractivity contribution < 1.29 is 9.18 Å². The molecule has 1 unspecified atom stereocenters. The number of carbonyl (C=O) groups excluding carboxylic acids is 1. The van der Waals surface area contributed by atoms with Gasteiger partial charge in [0.2, 0.25) is 5.91 Å². The second-order valence-corrected chi connectivity index (χ2v) is 4.64. The van der Waals surface area contributed by atoms with Gasteiger partial charge in [-0.15, -0.1) is 0 Å². The highest BCUT2D eigenvalue weighted by Crippen LogP contribution is 2.27. The number of hydrogen-bond donors (Lipinski definition) is 0. The van der Waals surface area contributed by atoms with E-state index in [1.54, 1.807) is 12.1 Å². The topological polar surface area (TPSA) is 20.3 Å². The second kappa shape index (κ2) is 5.34. The second-order valence-electron chi connectivity index (χ2n) is 4.64. The first-order valence-electron chi connectivity index (χ1n) is 6.35. The Balaban J connectivity index is 2.20. The molecule has 1 atom stereocenters. The lowest BCUT2D eigenvalue weighted by atomic mass is 9.99. The van der Waals surface area contributed by atoms with Gasteiger partial charge in [0.1, 0.15) is 5.82 Å². The molecule has 1 aliphatic heterocycles. The van der Waals surface area contributed by atoms with Crippen molar-refractivity contribution in [1.29, 1.82) is 0 Å². The third-order valence-corrected chi connectivity index (χ3v) is 3.55. The van der Waals surface area contributed by atoms with Crippen molar-refractivity contribution in [3.05, 3.63) is 47.3 Å². The van der Waals surface area contributed by atoms with E-state index in [2.05, 4.69) is 0 Å². The van der Waals surface area contributed by atoms with Crippen molar-refractivity contribution in [3.8, 4) is 0 Å². The summed E-state index contributed by atoms with van der Waals surface area (Å²) in [7, 11) is 0. The SMILES string of the molecule is C/C=C1\CCCN(C(C)c2ccc(F)cc2)C1=O. The van der Waals surface area contributed by atoms with E-state index in [0.717, 1.165) is 30.5 Å². The van der Waals surface area contributed by atoms with Crippen molar-refractivity contribution in [2.45, 2.75) is 32.7 Å². The number of allylic oxidation sites excluding steroid dienone is 1. The molecule has 1 amide bonds. The molecule has 1 aromatic rings. The van der Waals surface area contributed by atoms with Gasteiger partial charge in [-0.2, -0.15) is 0 Å². The number of amides is 1. The zero-order valence-electron chi connectivity index (χ0n) is 10.8. The van der Waals surface area contributed by atoms with Crippen LogP contribution in [0.5, 0.6) is 0 Å². The monoisotopic (exact) mass is 247 g/mol. The lowest BCUT2D eigenvalue weighted by Gasteiger charge is -2.34. The molecule has 0 N–H and O–H groups in total. The summed E-state index contributed by atoms with van der Waals surface area (Å²) in [6.45, 7) is 4.66. The molecule has 1 heterocycles. The molecule has 1 saturated heterocycles. The van der Waals surface area contributed by atoms with Crippen LogP contribution in [0.1, 0.15) is 38.3 Å². The highest BCUT2D eigenvalue weighted by atomic mass is 19.1. The molecule has 3 heteroatoms. The number of nitrogens with zero attached hydrogens (tertiary/aromatic N) is 1. The van der Waals surface area contributed by atoms with Crippen LogP contribution in [0, 0.1) is 5.82 Å². The Labute approximate surface area is 107 Å². The Morgan fingerprint density at radius 1 is 1.33 bits per heavy atom. The summed E-state index contributed by atoms with van der Waals surface area (Å²) < 4.78 is 12.9. The Bertz CT molecular complexity index is 464. The first-order valence-corrected chi connectivity index (χ1v) is 6.35. The van der Waals surface area contributed by atoms with Crippen molar-refractivity contribution >= 4 is 5.91 Å². The van der Waals surface area contributed by atoms with E-state index in [4.69, 9.17) is 0 Å². The van der Waals surface area contributed by atoms with Crippen LogP contribution < -0.4 is 0 Å². The number of halogens is 1. The first-order chi connectivity index (χ1) is 8.63. The minimum absolute atomic E-state index is 0.00616. The van der Waals surface area contributed by atoms with E-state index >= 15 is 0 Å². The zero-order chi connectivity index (χ0) is 13.1. The maximum atomic E-state index is 12.9. The quantitative estimate of drug-likeness (QED) is 0.733. The molecule has 96 valence electrons. The van der Waals surface area contributed by atoms with Crippen molar-refractivity contribution in [3.63, 3.8) is 0 Å². The predicted octanol–water partition coefficient (Wildman–Crippen LogP) is 3.46. The van der Waals surface area contributed by atoms with Gasteiger partial charge in [-0.3, -0.25) is 4.79 Å². The normalized spacial score (nSPS) is 20.3. The third-order valence-electron chi connectivity index (χ3n) is 3.55. The van der Waals surface area contributed by atoms with Crippen molar-refractivity contribution in [1.82, 2.24) is 4.90 Å². The smallest absolute Gasteiger partial charge is 0.249 e. The van der Waals surface area contributed by atoms with E-state index in [1.807, 2.05) is 24.8 Å². The Hall–Kier alpha value is -1.64. The lowest BCUT2D eigenvalue weighted by molar-refractivity contribution is -0.130. The summed E-state index contributed by atoms with van der Waals surface area (Å²) in [6, 6.07) is 6.37. The molecule has 0 aliphatic carbocycles. The van der Waals surface area contributed by atoms with Gasteiger partial charge in [-0.1, -0.05) is 18.2 Å². The molecule has 0 radical (unpaired) electrons. The van der Waals surface area contributed by atoms with E-state index in [1.165, 1.54) is 12.1 Å². The molecular weight excluding hydrogens is 229 g/mol. The minimum atomic E-state index is -0.245. The molecule has 2 rings (SSSR count). The fourth-order valence-electron chi connectivity index (χ4n) is 2.39. The number of hydrogen-bond acceptors (Lipinski definition) is 1. The highest BCUT2D eigenvalue weighted by Gasteiger charge is 2.27. The maximum Gasteiger partial charge on any atom is 0.249 e. The van der Waals surface area contributed by atoms with Crippen LogP contribution in [0.4, 0.5) is 4.39 Å². The predicted molar refractivity (Wildman–Crippen MR) is 69.5 cm³/mol. The standard InChI is InChI=1S/C15H18FNO/c1-3-12-5-4-10-17(15(12)18)11(2)13-6-8-14(16)9-7-13/h3,6-9,11H,4-5,10H2,1-2H3/b12-3+. The van der Waals surface area contributed by atoms with Gasteiger partial charge in [0.15, 0.2) is 0 Å². The Kier molecular flexibility index (Phi) is 3.80. The molecule has 1 aliphatic rings. The van der Waals surface area contributed by atoms with Gasteiger partial charge in [-0.25, -0.2) is 4.39 Å². The fourth-order valence-corrected chi connectivity index (χ4v) is 2.39. The molecule has 18 heavy (non-hydrogen) atoms. The molecule has 2 nitrogen and oxygen atoms in total. The maximum absolute atomic E-state index is 12.9. The van der Waals surface area contributed by atoms with Crippen molar-refractivity contribution in [2.24, 2.45) is 0 Å². The Morgan fingerprint density at radius 2 is 2.00 bits per heavy atom. The van der Waals surface area contributed by atoms with Crippen LogP contribution in [0.2, 0.25) is 0 Å². The van der Waals surface area contributed by atoms with Crippen LogP contribution >= 0.6 is 0 Å².